The first kappa shape index (κ1) is 20.7. The summed E-state index contributed by atoms with van der Waals surface area (Å²) in [6.07, 6.45) is -2.44. The van der Waals surface area contributed by atoms with Gasteiger partial charge < -0.3 is 14.7 Å². The van der Waals surface area contributed by atoms with Crippen LogP contribution in [0.5, 0.6) is 0 Å². The normalized spacial score (nSPS) is 24.2. The third kappa shape index (κ3) is 3.67. The largest absolute Gasteiger partial charge is 0.410 e. The van der Waals surface area contributed by atoms with Crippen LogP contribution in [0.4, 0.5) is 19.0 Å². The van der Waals surface area contributed by atoms with Gasteiger partial charge >= 0.3 is 6.18 Å². The average Bonchev–Trinajstić information content (AvgIpc) is 3.43. The Bertz CT molecular complexity index is 920. The Morgan fingerprint density at radius 3 is 2.77 bits per heavy atom. The van der Waals surface area contributed by atoms with Crippen LogP contribution < -0.4 is 5.32 Å². The number of anilines is 1. The molecule has 2 aliphatic rings. The van der Waals surface area contributed by atoms with Crippen molar-refractivity contribution in [3.8, 4) is 0 Å². The Kier molecular flexibility index (Phi) is 5.27. The van der Waals surface area contributed by atoms with Crippen molar-refractivity contribution >= 4 is 11.7 Å². The summed E-state index contributed by atoms with van der Waals surface area (Å²) in [6.45, 7) is 6.21. The van der Waals surface area contributed by atoms with Crippen molar-refractivity contribution in [2.75, 3.05) is 11.9 Å². The van der Waals surface area contributed by atoms with Gasteiger partial charge in [-0.3, -0.25) is 4.79 Å². The molecular formula is C20H26F3N5O2. The molecule has 0 aliphatic carbocycles. The predicted molar refractivity (Wildman–Crippen MR) is 103 cm³/mol. The minimum Gasteiger partial charge on any atom is -0.367 e. The molecule has 0 unspecified atom stereocenters. The van der Waals surface area contributed by atoms with E-state index in [0.717, 1.165) is 11.1 Å². The van der Waals surface area contributed by atoms with Crippen LogP contribution in [-0.2, 0) is 6.42 Å². The number of likely N-dealkylation sites (tertiary alicyclic amines) is 1. The molecular weight excluding hydrogens is 399 g/mol. The minimum atomic E-state index is -4.39. The van der Waals surface area contributed by atoms with Gasteiger partial charge in [-0.15, -0.1) is 0 Å². The fourth-order valence-electron chi connectivity index (χ4n) is 4.27. The molecule has 7 nitrogen and oxygen atoms in total. The molecule has 0 spiro atoms. The van der Waals surface area contributed by atoms with Crippen molar-refractivity contribution in [2.45, 2.75) is 70.8 Å². The maximum Gasteiger partial charge on any atom is 0.410 e. The summed E-state index contributed by atoms with van der Waals surface area (Å²) in [4.78, 5) is 14.6. The fraction of sp³-hybridized carbons (Fsp3) is 0.650. The second-order valence-corrected chi connectivity index (χ2v) is 8.38. The van der Waals surface area contributed by atoms with Crippen molar-refractivity contribution < 1.29 is 22.5 Å². The monoisotopic (exact) mass is 425 g/mol. The summed E-state index contributed by atoms with van der Waals surface area (Å²) in [5.74, 6) is 0.730. The number of alkyl halides is 3. The van der Waals surface area contributed by atoms with Crippen LogP contribution in [0, 0.1) is 5.92 Å². The molecule has 0 saturated carbocycles. The van der Waals surface area contributed by atoms with Crippen molar-refractivity contribution in [1.82, 2.24) is 19.8 Å². The van der Waals surface area contributed by atoms with Crippen LogP contribution >= 0.6 is 0 Å². The number of nitrogens with zero attached hydrogens (tertiary/aromatic N) is 4. The third-order valence-corrected chi connectivity index (χ3v) is 6.02. The molecule has 30 heavy (non-hydrogen) atoms. The number of fused-ring (bicyclic) bond motifs is 1. The molecule has 2 aliphatic heterocycles. The van der Waals surface area contributed by atoms with E-state index in [9.17, 15) is 18.0 Å². The second-order valence-electron chi connectivity index (χ2n) is 8.38. The zero-order valence-electron chi connectivity index (χ0n) is 17.2. The zero-order chi connectivity index (χ0) is 21.6. The summed E-state index contributed by atoms with van der Waals surface area (Å²) in [5.41, 5.74) is 0.690. The van der Waals surface area contributed by atoms with Gasteiger partial charge in [0.25, 0.3) is 5.91 Å². The summed E-state index contributed by atoms with van der Waals surface area (Å²) < 4.78 is 47.4. The lowest BCUT2D eigenvalue weighted by molar-refractivity contribution is -0.174. The first-order chi connectivity index (χ1) is 14.2. The Labute approximate surface area is 172 Å². The Hall–Kier alpha value is -2.52. The van der Waals surface area contributed by atoms with Crippen LogP contribution in [-0.4, -0.2) is 44.5 Å². The molecule has 3 atom stereocenters. The number of rotatable bonds is 4. The van der Waals surface area contributed by atoms with E-state index in [1.165, 1.54) is 0 Å². The number of halogens is 3. The topological polar surface area (TPSA) is 76.2 Å². The van der Waals surface area contributed by atoms with E-state index in [1.807, 2.05) is 20.8 Å². The van der Waals surface area contributed by atoms with Crippen molar-refractivity contribution in [3.05, 3.63) is 29.3 Å². The van der Waals surface area contributed by atoms with E-state index in [0.29, 0.717) is 36.7 Å². The molecule has 1 amide bonds. The van der Waals surface area contributed by atoms with Crippen LogP contribution in [0.2, 0.25) is 0 Å². The molecule has 164 valence electrons. The SMILES string of the molecule is CCc1cc(C(=O)N2CCC[C@H]2c2cc3n(n2)[C@@H](C(F)(F)F)C[C@@H](C(C)C)N3)no1. The molecule has 2 aromatic heterocycles. The van der Waals surface area contributed by atoms with Crippen LogP contribution in [0.25, 0.3) is 0 Å². The highest BCUT2D eigenvalue weighted by atomic mass is 19.4. The van der Waals surface area contributed by atoms with Gasteiger partial charge in [-0.25, -0.2) is 4.68 Å². The van der Waals surface area contributed by atoms with Gasteiger partial charge in [0.15, 0.2) is 11.7 Å². The zero-order valence-corrected chi connectivity index (χ0v) is 17.2. The molecule has 10 heteroatoms. The Morgan fingerprint density at radius 1 is 1.37 bits per heavy atom. The van der Waals surface area contributed by atoms with E-state index >= 15 is 0 Å². The van der Waals surface area contributed by atoms with Gasteiger partial charge in [-0.2, -0.15) is 18.3 Å². The quantitative estimate of drug-likeness (QED) is 0.788. The fourth-order valence-corrected chi connectivity index (χ4v) is 4.27. The molecule has 2 aromatic rings. The van der Waals surface area contributed by atoms with Crippen LogP contribution in [0.3, 0.4) is 0 Å². The van der Waals surface area contributed by atoms with Gasteiger partial charge in [0, 0.05) is 31.1 Å². The second kappa shape index (κ2) is 7.63. The minimum absolute atomic E-state index is 0.0476. The maximum absolute atomic E-state index is 13.7. The lowest BCUT2D eigenvalue weighted by Crippen LogP contribution is -2.41. The van der Waals surface area contributed by atoms with E-state index < -0.39 is 12.2 Å². The lowest BCUT2D eigenvalue weighted by Gasteiger charge is -2.35. The number of aromatic nitrogens is 3. The maximum atomic E-state index is 13.7. The average molecular weight is 425 g/mol. The van der Waals surface area contributed by atoms with Crippen molar-refractivity contribution in [3.63, 3.8) is 0 Å². The molecule has 4 heterocycles. The van der Waals surface area contributed by atoms with Gasteiger partial charge in [-0.1, -0.05) is 25.9 Å². The molecule has 0 radical (unpaired) electrons. The highest BCUT2D eigenvalue weighted by molar-refractivity contribution is 5.92. The molecule has 4 rings (SSSR count). The number of amides is 1. The van der Waals surface area contributed by atoms with E-state index in [1.54, 1.807) is 17.0 Å². The number of hydrogen-bond acceptors (Lipinski definition) is 5. The third-order valence-electron chi connectivity index (χ3n) is 6.02. The standard InChI is InChI=1S/C20H26F3N5O2/c1-4-12-8-15(26-30-12)19(29)27-7-5-6-16(27)14-10-18-24-13(11(2)3)9-17(20(21,22)23)28(18)25-14/h8,10-11,13,16-17,24H,4-7,9H2,1-3H3/t13-,16-,17+/m0/s1. The summed E-state index contributed by atoms with van der Waals surface area (Å²) >= 11 is 0. The van der Waals surface area contributed by atoms with Crippen molar-refractivity contribution in [1.29, 1.82) is 0 Å². The summed E-state index contributed by atoms with van der Waals surface area (Å²) in [6, 6.07) is 0.917. The number of carbonyl (C=O) groups is 1. The smallest absolute Gasteiger partial charge is 0.367 e. The van der Waals surface area contributed by atoms with Gasteiger partial charge in [0.2, 0.25) is 0 Å². The molecule has 0 bridgehead atoms. The van der Waals surface area contributed by atoms with Gasteiger partial charge in [0.1, 0.15) is 11.6 Å². The first-order valence-electron chi connectivity index (χ1n) is 10.4. The van der Waals surface area contributed by atoms with Gasteiger partial charge in [0.05, 0.1) is 11.7 Å². The highest BCUT2D eigenvalue weighted by Crippen LogP contribution is 2.42. The summed E-state index contributed by atoms with van der Waals surface area (Å²) in [7, 11) is 0. The number of aryl methyl sites for hydroxylation is 1. The first-order valence-corrected chi connectivity index (χ1v) is 10.4. The van der Waals surface area contributed by atoms with Crippen LogP contribution in [0.1, 0.15) is 74.1 Å². The van der Waals surface area contributed by atoms with E-state index in [4.69, 9.17) is 4.52 Å². The predicted octanol–water partition coefficient (Wildman–Crippen LogP) is 4.35. The number of hydrogen-bond donors (Lipinski definition) is 1. The molecule has 1 fully saturated rings. The number of nitrogens with one attached hydrogen (secondary N) is 1. The van der Waals surface area contributed by atoms with Crippen LogP contribution in [0.15, 0.2) is 16.7 Å². The molecule has 1 N–H and O–H groups in total. The van der Waals surface area contributed by atoms with Crippen molar-refractivity contribution in [2.24, 2.45) is 5.92 Å². The van der Waals surface area contributed by atoms with Gasteiger partial charge in [-0.05, 0) is 25.2 Å². The van der Waals surface area contributed by atoms with E-state index in [-0.39, 0.29) is 36.0 Å². The molecule has 1 saturated heterocycles. The number of carbonyl (C=O) groups excluding carboxylic acids is 1. The molecule has 0 aromatic carbocycles. The lowest BCUT2D eigenvalue weighted by atomic mass is 9.94. The Balaban J connectivity index is 1.64. The van der Waals surface area contributed by atoms with E-state index in [2.05, 4.69) is 15.6 Å². The summed E-state index contributed by atoms with van der Waals surface area (Å²) in [5, 5.41) is 11.4. The highest BCUT2D eigenvalue weighted by Gasteiger charge is 2.47. The Morgan fingerprint density at radius 2 is 2.13 bits per heavy atom.